The molecule has 1 aliphatic heterocycles. The predicted molar refractivity (Wildman–Crippen MR) is 79.3 cm³/mol. The Bertz CT molecular complexity index is 471. The maximum Gasteiger partial charge on any atom is 0.0534 e. The van der Waals surface area contributed by atoms with E-state index in [-0.39, 0.29) is 0 Å². The highest BCUT2D eigenvalue weighted by atomic mass is 15.3. The van der Waals surface area contributed by atoms with E-state index in [9.17, 15) is 0 Å². The second-order valence-electron chi connectivity index (χ2n) is 7.16. The van der Waals surface area contributed by atoms with Crippen molar-refractivity contribution in [3.63, 3.8) is 0 Å². The van der Waals surface area contributed by atoms with Crippen molar-refractivity contribution in [2.75, 3.05) is 13.1 Å². The topological polar surface area (TPSA) is 33.1 Å². The van der Waals surface area contributed by atoms with Crippen LogP contribution >= 0.6 is 0 Å². The minimum absolute atomic E-state index is 0.432. The molecule has 2 saturated carbocycles. The normalized spacial score (nSPS) is 30.1. The van der Waals surface area contributed by atoms with Crippen LogP contribution in [0, 0.1) is 5.92 Å². The monoisotopic (exact) mass is 274 g/mol. The zero-order valence-corrected chi connectivity index (χ0v) is 12.5. The maximum absolute atomic E-state index is 4.34. The average Bonchev–Trinajstić information content (AvgIpc) is 3.05. The fourth-order valence-corrected chi connectivity index (χ4v) is 4.28. The summed E-state index contributed by atoms with van der Waals surface area (Å²) in [6, 6.07) is 0.734. The first-order valence-corrected chi connectivity index (χ1v) is 8.21. The summed E-state index contributed by atoms with van der Waals surface area (Å²) in [5.41, 5.74) is 1.80. The van der Waals surface area contributed by atoms with Crippen molar-refractivity contribution < 1.29 is 0 Å². The molecule has 1 spiro atoms. The first-order valence-electron chi connectivity index (χ1n) is 8.21. The lowest BCUT2D eigenvalue weighted by Crippen LogP contribution is -2.63. The second kappa shape index (κ2) is 4.85. The molecule has 0 amide bonds. The molecule has 1 atom stereocenters. The van der Waals surface area contributed by atoms with Crippen LogP contribution in [0.4, 0.5) is 0 Å². The van der Waals surface area contributed by atoms with E-state index >= 15 is 0 Å². The molecule has 2 aliphatic carbocycles. The van der Waals surface area contributed by atoms with Gasteiger partial charge < -0.3 is 5.32 Å². The van der Waals surface area contributed by atoms with Gasteiger partial charge >= 0.3 is 0 Å². The Balaban J connectivity index is 1.53. The van der Waals surface area contributed by atoms with Gasteiger partial charge in [-0.05, 0) is 31.6 Å². The fraction of sp³-hybridized carbons (Fsp3) is 0.812. The van der Waals surface area contributed by atoms with Crippen molar-refractivity contribution in [2.24, 2.45) is 13.0 Å². The average molecular weight is 274 g/mol. The van der Waals surface area contributed by atoms with Crippen LogP contribution in [-0.4, -0.2) is 39.4 Å². The van der Waals surface area contributed by atoms with Gasteiger partial charge in [-0.15, -0.1) is 0 Å². The number of piperazine rings is 1. The van der Waals surface area contributed by atoms with Crippen molar-refractivity contribution in [1.29, 1.82) is 0 Å². The van der Waals surface area contributed by atoms with Crippen molar-refractivity contribution in [3.8, 4) is 0 Å². The summed E-state index contributed by atoms with van der Waals surface area (Å²) >= 11 is 0. The fourth-order valence-electron chi connectivity index (χ4n) is 4.28. The van der Waals surface area contributed by atoms with Crippen molar-refractivity contribution >= 4 is 0 Å². The molecule has 1 aromatic heterocycles. The number of nitrogens with one attached hydrogen (secondary N) is 1. The highest BCUT2D eigenvalue weighted by Gasteiger charge is 2.46. The lowest BCUT2D eigenvalue weighted by Gasteiger charge is -2.48. The Kier molecular flexibility index (Phi) is 3.11. The third kappa shape index (κ3) is 2.29. The van der Waals surface area contributed by atoms with Crippen LogP contribution in [0.2, 0.25) is 0 Å². The molecule has 1 aromatic rings. The van der Waals surface area contributed by atoms with E-state index in [1.807, 2.05) is 17.9 Å². The van der Waals surface area contributed by atoms with Crippen LogP contribution in [-0.2, 0) is 13.6 Å². The molecule has 1 N–H and O–H groups in total. The van der Waals surface area contributed by atoms with Crippen LogP contribution in [0.3, 0.4) is 0 Å². The Hall–Kier alpha value is -0.870. The Morgan fingerprint density at radius 3 is 2.80 bits per heavy atom. The van der Waals surface area contributed by atoms with Crippen LogP contribution < -0.4 is 5.32 Å². The first-order chi connectivity index (χ1) is 9.75. The SMILES string of the molecule is Cn1cc(CN2CC(C3CC3)NCC23CCCC3)cn1. The van der Waals surface area contributed by atoms with Gasteiger partial charge in [-0.1, -0.05) is 12.8 Å². The van der Waals surface area contributed by atoms with Crippen LogP contribution in [0.5, 0.6) is 0 Å². The third-order valence-electron chi connectivity index (χ3n) is 5.64. The molecular weight excluding hydrogens is 248 g/mol. The van der Waals surface area contributed by atoms with E-state index in [2.05, 4.69) is 21.5 Å². The zero-order valence-electron chi connectivity index (χ0n) is 12.5. The quantitative estimate of drug-likeness (QED) is 0.914. The van der Waals surface area contributed by atoms with Gasteiger partial charge in [-0.25, -0.2) is 0 Å². The van der Waals surface area contributed by atoms with Crippen LogP contribution in [0.1, 0.15) is 44.1 Å². The van der Waals surface area contributed by atoms with Gasteiger partial charge in [0.05, 0.1) is 6.20 Å². The van der Waals surface area contributed by atoms with Crippen molar-refractivity contribution in [1.82, 2.24) is 20.0 Å². The summed E-state index contributed by atoms with van der Waals surface area (Å²) in [6.07, 6.45) is 12.6. The molecule has 0 aromatic carbocycles. The van der Waals surface area contributed by atoms with E-state index < -0.39 is 0 Å². The third-order valence-corrected chi connectivity index (χ3v) is 5.64. The highest BCUT2D eigenvalue weighted by Crippen LogP contribution is 2.41. The molecule has 0 bridgehead atoms. The number of aryl methyl sites for hydroxylation is 1. The molecule has 1 unspecified atom stereocenters. The number of hydrogen-bond donors (Lipinski definition) is 1. The summed E-state index contributed by atoms with van der Waals surface area (Å²) in [4.78, 5) is 2.79. The molecule has 0 radical (unpaired) electrons. The lowest BCUT2D eigenvalue weighted by atomic mass is 9.89. The molecular formula is C16H26N4. The summed E-state index contributed by atoms with van der Waals surface area (Å²) in [5.74, 6) is 0.949. The predicted octanol–water partition coefficient (Wildman–Crippen LogP) is 1.92. The number of aromatic nitrogens is 2. The van der Waals surface area contributed by atoms with Gasteiger partial charge in [0.1, 0.15) is 0 Å². The first kappa shape index (κ1) is 12.8. The Morgan fingerprint density at radius 2 is 2.15 bits per heavy atom. The van der Waals surface area contributed by atoms with E-state index in [1.54, 1.807) is 0 Å². The van der Waals surface area contributed by atoms with Gasteiger partial charge in [0.2, 0.25) is 0 Å². The number of rotatable bonds is 3. The zero-order chi connectivity index (χ0) is 13.6. The van der Waals surface area contributed by atoms with Gasteiger partial charge in [0, 0.05) is 50.0 Å². The number of nitrogens with zero attached hydrogens (tertiary/aromatic N) is 3. The Morgan fingerprint density at radius 1 is 1.35 bits per heavy atom. The van der Waals surface area contributed by atoms with Crippen molar-refractivity contribution in [2.45, 2.75) is 56.7 Å². The van der Waals surface area contributed by atoms with Gasteiger partial charge in [0.15, 0.2) is 0 Å². The molecule has 110 valence electrons. The van der Waals surface area contributed by atoms with E-state index in [1.165, 1.54) is 57.2 Å². The van der Waals surface area contributed by atoms with Crippen LogP contribution in [0.15, 0.2) is 12.4 Å². The lowest BCUT2D eigenvalue weighted by molar-refractivity contribution is 0.0311. The molecule has 20 heavy (non-hydrogen) atoms. The molecule has 3 fully saturated rings. The molecule has 4 nitrogen and oxygen atoms in total. The second-order valence-corrected chi connectivity index (χ2v) is 7.16. The summed E-state index contributed by atoms with van der Waals surface area (Å²) in [5, 5.41) is 8.21. The minimum atomic E-state index is 0.432. The van der Waals surface area contributed by atoms with Gasteiger partial charge in [0.25, 0.3) is 0 Å². The minimum Gasteiger partial charge on any atom is -0.311 e. The van der Waals surface area contributed by atoms with E-state index in [0.717, 1.165) is 18.5 Å². The van der Waals surface area contributed by atoms with Gasteiger partial charge in [-0.3, -0.25) is 9.58 Å². The molecule has 4 heteroatoms. The Labute approximate surface area is 121 Å². The smallest absolute Gasteiger partial charge is 0.0534 e. The molecule has 4 rings (SSSR count). The van der Waals surface area contributed by atoms with Crippen LogP contribution in [0.25, 0.3) is 0 Å². The largest absolute Gasteiger partial charge is 0.311 e. The molecule has 3 aliphatic rings. The van der Waals surface area contributed by atoms with E-state index in [4.69, 9.17) is 0 Å². The van der Waals surface area contributed by atoms with Gasteiger partial charge in [-0.2, -0.15) is 5.10 Å². The highest BCUT2D eigenvalue weighted by molar-refractivity contribution is 5.10. The summed E-state index contributed by atoms with van der Waals surface area (Å²) in [6.45, 7) is 3.52. The standard InChI is InChI=1S/C16H26N4/c1-19-9-13(8-18-19)10-20-11-15(14-4-5-14)17-12-16(20)6-2-3-7-16/h8-9,14-15,17H,2-7,10-12H2,1H3. The maximum atomic E-state index is 4.34. The number of hydrogen-bond acceptors (Lipinski definition) is 3. The summed E-state index contributed by atoms with van der Waals surface area (Å²) in [7, 11) is 2.01. The van der Waals surface area contributed by atoms with Crippen molar-refractivity contribution in [3.05, 3.63) is 18.0 Å². The van der Waals surface area contributed by atoms with E-state index in [0.29, 0.717) is 5.54 Å². The molecule has 1 saturated heterocycles. The summed E-state index contributed by atoms with van der Waals surface area (Å²) < 4.78 is 1.93. The molecule has 2 heterocycles.